The van der Waals surface area contributed by atoms with E-state index in [0.29, 0.717) is 10.8 Å². The number of nitrogens with zero attached hydrogens (tertiary/aromatic N) is 1. The molecule has 0 saturated carbocycles. The number of ether oxygens (including phenoxy) is 1. The SMILES string of the molecule is CC1OCC(C)(C)N1S(=O)(=O)c1ccc(Br)s1. The molecule has 1 fully saturated rings. The molecule has 1 aromatic rings. The molecule has 0 bridgehead atoms. The topological polar surface area (TPSA) is 46.6 Å². The van der Waals surface area contributed by atoms with E-state index in [9.17, 15) is 8.42 Å². The van der Waals surface area contributed by atoms with E-state index in [0.717, 1.165) is 3.79 Å². The summed E-state index contributed by atoms with van der Waals surface area (Å²) in [4.78, 5) is 0. The van der Waals surface area contributed by atoms with E-state index in [-0.39, 0.29) is 0 Å². The van der Waals surface area contributed by atoms with Crippen LogP contribution in [0.3, 0.4) is 0 Å². The normalized spacial score (nSPS) is 25.3. The zero-order valence-corrected chi connectivity index (χ0v) is 13.0. The van der Waals surface area contributed by atoms with Crippen LogP contribution in [0.25, 0.3) is 0 Å². The fourth-order valence-electron chi connectivity index (χ4n) is 2.00. The highest BCUT2D eigenvalue weighted by Gasteiger charge is 2.46. The van der Waals surface area contributed by atoms with Crippen LogP contribution in [0.5, 0.6) is 0 Å². The van der Waals surface area contributed by atoms with Crippen LogP contribution in [0, 0.1) is 0 Å². The highest BCUT2D eigenvalue weighted by atomic mass is 79.9. The first-order valence-electron chi connectivity index (χ1n) is 5.17. The zero-order valence-electron chi connectivity index (χ0n) is 9.81. The quantitative estimate of drug-likeness (QED) is 0.832. The minimum atomic E-state index is -3.48. The Morgan fingerprint density at radius 3 is 2.59 bits per heavy atom. The van der Waals surface area contributed by atoms with Crippen LogP contribution < -0.4 is 0 Å². The number of hydrogen-bond acceptors (Lipinski definition) is 4. The van der Waals surface area contributed by atoms with E-state index in [2.05, 4.69) is 15.9 Å². The predicted molar refractivity (Wildman–Crippen MR) is 70.5 cm³/mol. The van der Waals surface area contributed by atoms with Gasteiger partial charge in [-0.1, -0.05) is 0 Å². The van der Waals surface area contributed by atoms with Gasteiger partial charge in [0.15, 0.2) is 0 Å². The maximum Gasteiger partial charge on any atom is 0.255 e. The van der Waals surface area contributed by atoms with Gasteiger partial charge >= 0.3 is 0 Å². The van der Waals surface area contributed by atoms with Crippen LogP contribution in [0.1, 0.15) is 20.8 Å². The number of halogens is 1. The molecule has 7 heteroatoms. The van der Waals surface area contributed by atoms with Crippen LogP contribution in [-0.2, 0) is 14.8 Å². The van der Waals surface area contributed by atoms with E-state index in [1.54, 1.807) is 19.1 Å². The maximum atomic E-state index is 12.5. The molecule has 2 heterocycles. The van der Waals surface area contributed by atoms with Crippen molar-refractivity contribution in [3.63, 3.8) is 0 Å². The molecule has 0 N–H and O–H groups in total. The molecule has 0 amide bonds. The fraction of sp³-hybridized carbons (Fsp3) is 0.600. The van der Waals surface area contributed by atoms with Gasteiger partial charge in [0.05, 0.1) is 15.9 Å². The minimum absolute atomic E-state index is 0.342. The van der Waals surface area contributed by atoms with Gasteiger partial charge in [-0.2, -0.15) is 4.31 Å². The van der Waals surface area contributed by atoms with Crippen molar-refractivity contribution in [2.24, 2.45) is 0 Å². The van der Waals surface area contributed by atoms with Crippen molar-refractivity contribution in [2.45, 2.75) is 36.7 Å². The molecule has 1 aliphatic rings. The van der Waals surface area contributed by atoms with E-state index in [1.165, 1.54) is 15.6 Å². The molecule has 17 heavy (non-hydrogen) atoms. The molecule has 1 aliphatic heterocycles. The summed E-state index contributed by atoms with van der Waals surface area (Å²) in [6, 6.07) is 3.36. The summed E-state index contributed by atoms with van der Waals surface area (Å²) < 4.78 is 33.0. The lowest BCUT2D eigenvalue weighted by Crippen LogP contribution is -2.46. The van der Waals surface area contributed by atoms with Gasteiger partial charge in [-0.3, -0.25) is 0 Å². The van der Waals surface area contributed by atoms with Crippen molar-refractivity contribution in [3.8, 4) is 0 Å². The Morgan fingerprint density at radius 1 is 1.53 bits per heavy atom. The standard InChI is InChI=1S/C10H14BrNO3S2/c1-7-12(10(2,3)6-15-7)17(13,14)9-5-4-8(11)16-9/h4-5,7H,6H2,1-3H3. The second-order valence-corrected chi connectivity index (χ2v) is 9.09. The fourth-order valence-corrected chi connectivity index (χ4v) is 5.96. The molecule has 1 saturated heterocycles. The summed E-state index contributed by atoms with van der Waals surface area (Å²) in [5, 5.41) is 0. The average molecular weight is 340 g/mol. The Kier molecular flexibility index (Phi) is 3.42. The van der Waals surface area contributed by atoms with Crippen LogP contribution in [0.15, 0.2) is 20.1 Å². The molecular formula is C10H14BrNO3S2. The van der Waals surface area contributed by atoms with Gasteiger partial charge in [-0.15, -0.1) is 11.3 Å². The summed E-state index contributed by atoms with van der Waals surface area (Å²) in [6.07, 6.45) is -0.420. The second kappa shape index (κ2) is 4.31. The smallest absolute Gasteiger partial charge is 0.255 e. The van der Waals surface area contributed by atoms with Crippen molar-refractivity contribution in [3.05, 3.63) is 15.9 Å². The molecule has 96 valence electrons. The number of sulfonamides is 1. The van der Waals surface area contributed by atoms with Gasteiger partial charge in [-0.05, 0) is 48.8 Å². The van der Waals surface area contributed by atoms with E-state index in [4.69, 9.17) is 4.74 Å². The Morgan fingerprint density at radius 2 is 2.18 bits per heavy atom. The summed E-state index contributed by atoms with van der Waals surface area (Å²) in [7, 11) is -3.48. The van der Waals surface area contributed by atoms with Gasteiger partial charge in [0.25, 0.3) is 10.0 Å². The first-order valence-corrected chi connectivity index (χ1v) is 8.21. The van der Waals surface area contributed by atoms with E-state index < -0.39 is 21.8 Å². The van der Waals surface area contributed by atoms with E-state index >= 15 is 0 Å². The van der Waals surface area contributed by atoms with Crippen LogP contribution in [0.2, 0.25) is 0 Å². The Hall–Kier alpha value is 0.0500. The van der Waals surface area contributed by atoms with Gasteiger partial charge in [0, 0.05) is 0 Å². The zero-order chi connectivity index (χ0) is 12.8. The van der Waals surface area contributed by atoms with Gasteiger partial charge < -0.3 is 4.74 Å². The van der Waals surface area contributed by atoms with Gasteiger partial charge in [0.1, 0.15) is 10.4 Å². The van der Waals surface area contributed by atoms with Crippen LogP contribution >= 0.6 is 27.3 Å². The predicted octanol–water partition coefficient (Wildman–Crippen LogP) is 2.66. The Bertz CT molecular complexity index is 523. The van der Waals surface area contributed by atoms with Crippen LogP contribution in [0.4, 0.5) is 0 Å². The second-order valence-electron chi connectivity index (χ2n) is 4.58. The molecule has 0 aromatic carbocycles. The summed E-state index contributed by atoms with van der Waals surface area (Å²) in [5.74, 6) is 0. The number of thiophene rings is 1. The van der Waals surface area contributed by atoms with Gasteiger partial charge in [-0.25, -0.2) is 8.42 Å². The van der Waals surface area contributed by atoms with Crippen molar-refractivity contribution >= 4 is 37.3 Å². The minimum Gasteiger partial charge on any atom is -0.360 e. The van der Waals surface area contributed by atoms with Gasteiger partial charge in [0.2, 0.25) is 0 Å². The molecule has 0 spiro atoms. The lowest BCUT2D eigenvalue weighted by Gasteiger charge is -2.30. The molecule has 1 unspecified atom stereocenters. The first-order chi connectivity index (χ1) is 7.75. The Balaban J connectivity index is 2.45. The van der Waals surface area contributed by atoms with Crippen molar-refractivity contribution in [2.75, 3.05) is 6.61 Å². The highest BCUT2D eigenvalue weighted by Crippen LogP contribution is 2.36. The molecule has 0 radical (unpaired) electrons. The average Bonchev–Trinajstić information content (AvgIpc) is 2.71. The third kappa shape index (κ3) is 2.31. The van der Waals surface area contributed by atoms with Crippen molar-refractivity contribution in [1.82, 2.24) is 4.31 Å². The summed E-state index contributed by atoms with van der Waals surface area (Å²) in [5.41, 5.74) is -0.505. The molecule has 2 rings (SSSR count). The highest BCUT2D eigenvalue weighted by molar-refractivity contribution is 9.11. The summed E-state index contributed by atoms with van der Waals surface area (Å²) >= 11 is 4.50. The monoisotopic (exact) mass is 339 g/mol. The van der Waals surface area contributed by atoms with Crippen molar-refractivity contribution < 1.29 is 13.2 Å². The lowest BCUT2D eigenvalue weighted by atomic mass is 10.1. The molecule has 4 nitrogen and oxygen atoms in total. The molecule has 1 aromatic heterocycles. The molecule has 0 aliphatic carbocycles. The largest absolute Gasteiger partial charge is 0.360 e. The molecule has 1 atom stereocenters. The lowest BCUT2D eigenvalue weighted by molar-refractivity contribution is 0.0844. The number of hydrogen-bond donors (Lipinski definition) is 0. The Labute approximate surface area is 114 Å². The number of rotatable bonds is 2. The maximum absolute atomic E-state index is 12.5. The molecular weight excluding hydrogens is 326 g/mol. The van der Waals surface area contributed by atoms with Crippen molar-refractivity contribution in [1.29, 1.82) is 0 Å². The van der Waals surface area contributed by atoms with E-state index in [1.807, 2.05) is 13.8 Å². The third-order valence-corrected chi connectivity index (χ3v) is 6.92. The summed E-state index contributed by atoms with van der Waals surface area (Å²) in [6.45, 7) is 5.92. The van der Waals surface area contributed by atoms with Crippen LogP contribution in [-0.4, -0.2) is 31.1 Å². The third-order valence-electron chi connectivity index (χ3n) is 2.67. The first kappa shape index (κ1) is 13.5.